The molecule has 0 bridgehead atoms. The molecule has 3 aromatic rings. The number of benzene rings is 2. The van der Waals surface area contributed by atoms with Crippen LogP contribution in [-0.2, 0) is 6.54 Å². The summed E-state index contributed by atoms with van der Waals surface area (Å²) in [5.41, 5.74) is 1.44. The van der Waals surface area contributed by atoms with E-state index in [9.17, 15) is 8.78 Å². The Morgan fingerprint density at radius 3 is 2.48 bits per heavy atom. The van der Waals surface area contributed by atoms with E-state index in [1.807, 2.05) is 6.07 Å². The Morgan fingerprint density at radius 2 is 1.71 bits per heavy atom. The second-order valence-corrected chi connectivity index (χ2v) is 4.96. The van der Waals surface area contributed by atoms with Crippen molar-refractivity contribution in [2.24, 2.45) is 0 Å². The van der Waals surface area contributed by atoms with Crippen LogP contribution in [0.3, 0.4) is 0 Å². The van der Waals surface area contributed by atoms with Gasteiger partial charge in [-0.25, -0.2) is 13.8 Å². The van der Waals surface area contributed by atoms with E-state index in [1.54, 1.807) is 30.3 Å². The van der Waals surface area contributed by atoms with Gasteiger partial charge in [-0.3, -0.25) is 0 Å². The maximum atomic E-state index is 14.2. The zero-order chi connectivity index (χ0) is 14.8. The molecule has 0 saturated carbocycles. The molecule has 21 heavy (non-hydrogen) atoms. The Balaban J connectivity index is 1.90. The van der Waals surface area contributed by atoms with Gasteiger partial charge in [0, 0.05) is 11.9 Å². The van der Waals surface area contributed by atoms with E-state index in [0.29, 0.717) is 17.4 Å². The Labute approximate surface area is 125 Å². The van der Waals surface area contributed by atoms with Crippen molar-refractivity contribution in [3.63, 3.8) is 0 Å². The number of anilines is 1. The minimum absolute atomic E-state index is 0.0437. The minimum atomic E-state index is -0.586. The lowest BCUT2D eigenvalue weighted by molar-refractivity contribution is 0.625. The average molecular weight is 305 g/mol. The van der Waals surface area contributed by atoms with Crippen LogP contribution in [0.25, 0.3) is 10.9 Å². The van der Waals surface area contributed by atoms with Crippen LogP contribution in [0.2, 0.25) is 5.02 Å². The molecule has 0 radical (unpaired) electrons. The molecule has 0 aliphatic rings. The number of para-hydroxylation sites is 1. The molecule has 0 saturated heterocycles. The van der Waals surface area contributed by atoms with Crippen LogP contribution in [0.1, 0.15) is 5.56 Å². The molecule has 5 heteroatoms. The molecule has 0 spiro atoms. The van der Waals surface area contributed by atoms with Crippen molar-refractivity contribution < 1.29 is 8.78 Å². The first-order valence-electron chi connectivity index (χ1n) is 6.37. The second-order valence-electron chi connectivity index (χ2n) is 4.59. The molecule has 0 aliphatic heterocycles. The van der Waals surface area contributed by atoms with E-state index in [1.165, 1.54) is 12.1 Å². The van der Waals surface area contributed by atoms with Crippen LogP contribution in [0.5, 0.6) is 0 Å². The number of hydrogen-bond donors (Lipinski definition) is 1. The summed E-state index contributed by atoms with van der Waals surface area (Å²) in [6.07, 6.45) is 0. The zero-order valence-electron chi connectivity index (χ0n) is 10.9. The number of nitrogens with one attached hydrogen (secondary N) is 1. The maximum absolute atomic E-state index is 14.2. The summed E-state index contributed by atoms with van der Waals surface area (Å²) in [7, 11) is 0. The molecule has 0 atom stereocenters. The van der Waals surface area contributed by atoms with Gasteiger partial charge in [-0.2, -0.15) is 0 Å². The Bertz CT molecular complexity index is 788. The van der Waals surface area contributed by atoms with Crippen molar-refractivity contribution in [3.8, 4) is 0 Å². The molecule has 3 rings (SSSR count). The van der Waals surface area contributed by atoms with Gasteiger partial charge >= 0.3 is 0 Å². The van der Waals surface area contributed by atoms with E-state index in [2.05, 4.69) is 10.3 Å². The molecule has 0 unspecified atom stereocenters. The highest BCUT2D eigenvalue weighted by Crippen LogP contribution is 2.29. The number of pyridine rings is 1. The summed E-state index contributed by atoms with van der Waals surface area (Å²) >= 11 is 6.03. The number of fused-ring (bicyclic) bond motifs is 1. The largest absolute Gasteiger partial charge is 0.363 e. The highest BCUT2D eigenvalue weighted by molar-refractivity contribution is 6.35. The summed E-state index contributed by atoms with van der Waals surface area (Å²) in [4.78, 5) is 4.22. The van der Waals surface area contributed by atoms with Gasteiger partial charge in [0.15, 0.2) is 11.6 Å². The Morgan fingerprint density at radius 1 is 1.00 bits per heavy atom. The topological polar surface area (TPSA) is 24.9 Å². The van der Waals surface area contributed by atoms with Crippen molar-refractivity contribution in [2.75, 3.05) is 5.32 Å². The van der Waals surface area contributed by atoms with Crippen LogP contribution < -0.4 is 5.32 Å². The third-order valence-electron chi connectivity index (χ3n) is 3.15. The van der Waals surface area contributed by atoms with Crippen molar-refractivity contribution in [1.82, 2.24) is 4.98 Å². The molecule has 0 fully saturated rings. The highest BCUT2D eigenvalue weighted by atomic mass is 35.5. The molecule has 1 N–H and O–H groups in total. The summed E-state index contributed by atoms with van der Waals surface area (Å²) in [6, 6.07) is 13.0. The lowest BCUT2D eigenvalue weighted by Crippen LogP contribution is -2.04. The number of nitrogens with zero attached hydrogens (tertiary/aromatic N) is 1. The predicted octanol–water partition coefficient (Wildman–Crippen LogP) is 4.78. The number of aromatic nitrogens is 1. The van der Waals surface area contributed by atoms with Gasteiger partial charge in [0.1, 0.15) is 5.82 Å². The van der Waals surface area contributed by atoms with Gasteiger partial charge in [0.2, 0.25) is 0 Å². The normalized spacial score (nSPS) is 10.8. The number of rotatable bonds is 3. The third-order valence-corrected chi connectivity index (χ3v) is 3.52. The quantitative estimate of drug-likeness (QED) is 0.753. The molecular weight excluding hydrogens is 294 g/mol. The standard InChI is InChI=1S/C16H11ClF2N2/c17-14-12-3-1-2-4-13(12)21-16(15(14)19)20-9-10-5-7-11(18)8-6-10/h1-8H,9H2,(H,20,21). The first-order chi connectivity index (χ1) is 10.1. The highest BCUT2D eigenvalue weighted by Gasteiger charge is 2.12. The van der Waals surface area contributed by atoms with E-state index in [0.717, 1.165) is 5.56 Å². The smallest absolute Gasteiger partial charge is 0.184 e. The molecule has 1 heterocycles. The summed E-state index contributed by atoms with van der Waals surface area (Å²) in [6.45, 7) is 0.332. The van der Waals surface area contributed by atoms with E-state index < -0.39 is 5.82 Å². The fraction of sp³-hybridized carbons (Fsp3) is 0.0625. The lowest BCUT2D eigenvalue weighted by Gasteiger charge is -2.10. The second kappa shape index (κ2) is 5.66. The maximum Gasteiger partial charge on any atom is 0.184 e. The molecule has 2 aromatic carbocycles. The lowest BCUT2D eigenvalue weighted by atomic mass is 10.2. The molecular formula is C16H11ClF2N2. The molecule has 0 amide bonds. The molecule has 1 aromatic heterocycles. The van der Waals surface area contributed by atoms with Crippen molar-refractivity contribution >= 4 is 28.3 Å². The minimum Gasteiger partial charge on any atom is -0.363 e. The third kappa shape index (κ3) is 2.81. The first-order valence-corrected chi connectivity index (χ1v) is 6.75. The van der Waals surface area contributed by atoms with Gasteiger partial charge in [0.05, 0.1) is 10.5 Å². The van der Waals surface area contributed by atoms with Crippen molar-refractivity contribution in [3.05, 3.63) is 70.8 Å². The van der Waals surface area contributed by atoms with Crippen molar-refractivity contribution in [2.45, 2.75) is 6.54 Å². The van der Waals surface area contributed by atoms with Gasteiger partial charge in [0.25, 0.3) is 0 Å². The van der Waals surface area contributed by atoms with Gasteiger partial charge in [-0.05, 0) is 23.8 Å². The van der Waals surface area contributed by atoms with Crippen LogP contribution in [0.15, 0.2) is 48.5 Å². The summed E-state index contributed by atoms with van der Waals surface area (Å²) in [5, 5.41) is 3.51. The van der Waals surface area contributed by atoms with Crippen LogP contribution in [-0.4, -0.2) is 4.98 Å². The predicted molar refractivity (Wildman–Crippen MR) is 80.4 cm³/mol. The van der Waals surface area contributed by atoms with E-state index >= 15 is 0 Å². The zero-order valence-corrected chi connectivity index (χ0v) is 11.7. The monoisotopic (exact) mass is 304 g/mol. The van der Waals surface area contributed by atoms with Gasteiger partial charge < -0.3 is 5.32 Å². The van der Waals surface area contributed by atoms with Crippen LogP contribution in [0, 0.1) is 11.6 Å². The van der Waals surface area contributed by atoms with E-state index in [4.69, 9.17) is 11.6 Å². The molecule has 2 nitrogen and oxygen atoms in total. The molecule has 0 aliphatic carbocycles. The fourth-order valence-corrected chi connectivity index (χ4v) is 2.30. The Hall–Kier alpha value is -2.20. The van der Waals surface area contributed by atoms with Gasteiger partial charge in [-0.1, -0.05) is 41.9 Å². The Kier molecular flexibility index (Phi) is 3.71. The van der Waals surface area contributed by atoms with E-state index in [-0.39, 0.29) is 16.7 Å². The average Bonchev–Trinajstić information content (AvgIpc) is 2.51. The SMILES string of the molecule is Fc1ccc(CNc2nc3ccccc3c(Cl)c2F)cc1. The fourth-order valence-electron chi connectivity index (χ4n) is 2.05. The summed E-state index contributed by atoms with van der Waals surface area (Å²) in [5.74, 6) is -0.808. The number of hydrogen-bond acceptors (Lipinski definition) is 2. The first kappa shape index (κ1) is 13.8. The van der Waals surface area contributed by atoms with Crippen LogP contribution >= 0.6 is 11.6 Å². The van der Waals surface area contributed by atoms with Gasteiger partial charge in [-0.15, -0.1) is 0 Å². The van der Waals surface area contributed by atoms with Crippen LogP contribution in [0.4, 0.5) is 14.6 Å². The summed E-state index contributed by atoms with van der Waals surface area (Å²) < 4.78 is 27.0. The van der Waals surface area contributed by atoms with Crippen molar-refractivity contribution in [1.29, 1.82) is 0 Å². The molecule has 106 valence electrons. The number of halogens is 3.